The van der Waals surface area contributed by atoms with E-state index in [1.807, 2.05) is 6.07 Å². The van der Waals surface area contributed by atoms with Gasteiger partial charge in [0.2, 0.25) is 0 Å². The molecule has 0 bridgehead atoms. The third kappa shape index (κ3) is 5.04. The molecule has 27 heavy (non-hydrogen) atoms. The van der Waals surface area contributed by atoms with Crippen LogP contribution in [-0.2, 0) is 12.7 Å². The Balaban J connectivity index is 1.65. The number of carbonyl (C=O) groups is 1. The van der Waals surface area contributed by atoms with Gasteiger partial charge in [0.15, 0.2) is 0 Å². The molecule has 138 valence electrons. The van der Waals surface area contributed by atoms with Gasteiger partial charge in [0.1, 0.15) is 5.69 Å². The molecule has 2 heterocycles. The van der Waals surface area contributed by atoms with Gasteiger partial charge in [-0.1, -0.05) is 6.07 Å². The SMILES string of the molecule is O=C(NCc1ccccn1)c1cc(Nc2ccc(C(F)(F)F)cc2)ccn1. The van der Waals surface area contributed by atoms with E-state index in [9.17, 15) is 18.0 Å². The van der Waals surface area contributed by atoms with E-state index >= 15 is 0 Å². The fraction of sp³-hybridized carbons (Fsp3) is 0.105. The van der Waals surface area contributed by atoms with Gasteiger partial charge in [-0.05, 0) is 48.5 Å². The Morgan fingerprint density at radius 1 is 0.926 bits per heavy atom. The zero-order valence-electron chi connectivity index (χ0n) is 14.0. The number of pyridine rings is 2. The lowest BCUT2D eigenvalue weighted by atomic mass is 10.2. The van der Waals surface area contributed by atoms with Gasteiger partial charge in [0.25, 0.3) is 5.91 Å². The van der Waals surface area contributed by atoms with E-state index in [2.05, 4.69) is 20.6 Å². The Bertz CT molecular complexity index is 912. The smallest absolute Gasteiger partial charge is 0.355 e. The van der Waals surface area contributed by atoms with Crippen molar-refractivity contribution in [3.63, 3.8) is 0 Å². The first-order valence-corrected chi connectivity index (χ1v) is 8.00. The van der Waals surface area contributed by atoms with Gasteiger partial charge in [-0.2, -0.15) is 13.2 Å². The van der Waals surface area contributed by atoms with Gasteiger partial charge < -0.3 is 10.6 Å². The van der Waals surface area contributed by atoms with Crippen LogP contribution in [-0.4, -0.2) is 15.9 Å². The minimum Gasteiger partial charge on any atom is -0.355 e. The average molecular weight is 372 g/mol. The zero-order valence-corrected chi connectivity index (χ0v) is 14.0. The van der Waals surface area contributed by atoms with Crippen LogP contribution < -0.4 is 10.6 Å². The molecular formula is C19H15F3N4O. The molecule has 3 rings (SSSR count). The second-order valence-electron chi connectivity index (χ2n) is 5.63. The normalized spacial score (nSPS) is 11.1. The highest BCUT2D eigenvalue weighted by atomic mass is 19.4. The van der Waals surface area contributed by atoms with E-state index in [0.29, 0.717) is 17.1 Å². The molecule has 5 nitrogen and oxygen atoms in total. The monoisotopic (exact) mass is 372 g/mol. The first-order valence-electron chi connectivity index (χ1n) is 8.00. The third-order valence-corrected chi connectivity index (χ3v) is 3.65. The number of amides is 1. The number of aromatic nitrogens is 2. The van der Waals surface area contributed by atoms with E-state index in [-0.39, 0.29) is 18.1 Å². The molecule has 0 fully saturated rings. The van der Waals surface area contributed by atoms with E-state index in [1.165, 1.54) is 24.4 Å². The van der Waals surface area contributed by atoms with Gasteiger partial charge in [-0.3, -0.25) is 14.8 Å². The second kappa shape index (κ2) is 7.86. The molecule has 0 aliphatic heterocycles. The van der Waals surface area contributed by atoms with Crippen molar-refractivity contribution in [3.05, 3.63) is 83.9 Å². The zero-order chi connectivity index (χ0) is 19.3. The van der Waals surface area contributed by atoms with Crippen molar-refractivity contribution >= 4 is 17.3 Å². The molecule has 8 heteroatoms. The highest BCUT2D eigenvalue weighted by Crippen LogP contribution is 2.30. The van der Waals surface area contributed by atoms with Crippen LogP contribution in [0.5, 0.6) is 0 Å². The van der Waals surface area contributed by atoms with Gasteiger partial charge in [0.05, 0.1) is 17.8 Å². The topological polar surface area (TPSA) is 66.9 Å². The number of carbonyl (C=O) groups excluding carboxylic acids is 1. The van der Waals surface area contributed by atoms with Crippen molar-refractivity contribution in [1.82, 2.24) is 15.3 Å². The highest BCUT2D eigenvalue weighted by Gasteiger charge is 2.29. The summed E-state index contributed by atoms with van der Waals surface area (Å²) in [5.74, 6) is -0.378. The second-order valence-corrected chi connectivity index (χ2v) is 5.63. The number of alkyl halides is 3. The molecule has 0 radical (unpaired) electrons. The van der Waals surface area contributed by atoms with Gasteiger partial charge >= 0.3 is 6.18 Å². The first-order chi connectivity index (χ1) is 12.9. The lowest BCUT2D eigenvalue weighted by Gasteiger charge is -2.10. The lowest BCUT2D eigenvalue weighted by Crippen LogP contribution is -2.24. The van der Waals surface area contributed by atoms with Crippen molar-refractivity contribution in [2.75, 3.05) is 5.32 Å². The molecule has 2 aromatic heterocycles. The maximum atomic E-state index is 12.6. The van der Waals surface area contributed by atoms with Crippen molar-refractivity contribution in [1.29, 1.82) is 0 Å². The van der Waals surface area contributed by atoms with Crippen LogP contribution in [0.1, 0.15) is 21.7 Å². The summed E-state index contributed by atoms with van der Waals surface area (Å²) in [5.41, 5.74) is 1.17. The van der Waals surface area contributed by atoms with E-state index < -0.39 is 11.7 Å². The summed E-state index contributed by atoms with van der Waals surface area (Å²) in [7, 11) is 0. The summed E-state index contributed by atoms with van der Waals surface area (Å²) in [6.07, 6.45) is -1.30. The van der Waals surface area contributed by atoms with Crippen LogP contribution in [0, 0.1) is 0 Å². The summed E-state index contributed by atoms with van der Waals surface area (Å²) in [4.78, 5) is 20.4. The van der Waals surface area contributed by atoms with Crippen LogP contribution in [0.25, 0.3) is 0 Å². The minimum absolute atomic E-state index is 0.183. The molecular weight excluding hydrogens is 357 g/mol. The quantitative estimate of drug-likeness (QED) is 0.706. The Hall–Kier alpha value is -3.42. The number of hydrogen-bond acceptors (Lipinski definition) is 4. The fourth-order valence-electron chi connectivity index (χ4n) is 2.31. The fourth-order valence-corrected chi connectivity index (χ4v) is 2.31. The number of hydrogen-bond donors (Lipinski definition) is 2. The van der Waals surface area contributed by atoms with E-state index in [4.69, 9.17) is 0 Å². The Morgan fingerprint density at radius 3 is 2.37 bits per heavy atom. The molecule has 1 aromatic carbocycles. The third-order valence-electron chi connectivity index (χ3n) is 3.65. The largest absolute Gasteiger partial charge is 0.416 e. The molecule has 0 aliphatic rings. The van der Waals surface area contributed by atoms with Crippen molar-refractivity contribution in [2.24, 2.45) is 0 Å². The van der Waals surface area contributed by atoms with Crippen molar-refractivity contribution < 1.29 is 18.0 Å². The van der Waals surface area contributed by atoms with Crippen molar-refractivity contribution in [3.8, 4) is 0 Å². The van der Waals surface area contributed by atoms with Gasteiger partial charge in [-0.25, -0.2) is 0 Å². The maximum Gasteiger partial charge on any atom is 0.416 e. The van der Waals surface area contributed by atoms with Crippen LogP contribution >= 0.6 is 0 Å². The molecule has 2 N–H and O–H groups in total. The highest BCUT2D eigenvalue weighted by molar-refractivity contribution is 5.93. The predicted octanol–water partition coefficient (Wildman–Crippen LogP) is 4.17. The van der Waals surface area contributed by atoms with Crippen LogP contribution in [0.3, 0.4) is 0 Å². The molecule has 0 unspecified atom stereocenters. The number of nitrogens with zero attached hydrogens (tertiary/aromatic N) is 2. The molecule has 0 atom stereocenters. The van der Waals surface area contributed by atoms with E-state index in [1.54, 1.807) is 24.4 Å². The average Bonchev–Trinajstić information content (AvgIpc) is 2.67. The van der Waals surface area contributed by atoms with Crippen LogP contribution in [0.4, 0.5) is 24.5 Å². The molecule has 1 amide bonds. The lowest BCUT2D eigenvalue weighted by molar-refractivity contribution is -0.137. The number of rotatable bonds is 5. The van der Waals surface area contributed by atoms with Crippen LogP contribution in [0.15, 0.2) is 67.0 Å². The summed E-state index contributed by atoms with van der Waals surface area (Å²) >= 11 is 0. The summed E-state index contributed by atoms with van der Waals surface area (Å²) in [6, 6.07) is 13.2. The number of nitrogens with one attached hydrogen (secondary N) is 2. The predicted molar refractivity (Wildman–Crippen MR) is 94.4 cm³/mol. The Kier molecular flexibility index (Phi) is 5.35. The summed E-state index contributed by atoms with van der Waals surface area (Å²) < 4.78 is 37.8. The summed E-state index contributed by atoms with van der Waals surface area (Å²) in [6.45, 7) is 0.262. The van der Waals surface area contributed by atoms with E-state index in [0.717, 1.165) is 12.1 Å². The number of halogens is 3. The molecule has 3 aromatic rings. The van der Waals surface area contributed by atoms with Crippen LogP contribution in [0.2, 0.25) is 0 Å². The maximum absolute atomic E-state index is 12.6. The first kappa shape index (κ1) is 18.4. The Morgan fingerprint density at radius 2 is 1.70 bits per heavy atom. The van der Waals surface area contributed by atoms with Gasteiger partial charge in [0, 0.05) is 23.8 Å². The molecule has 0 spiro atoms. The Labute approximate surface area is 153 Å². The molecule has 0 aliphatic carbocycles. The minimum atomic E-state index is -4.38. The standard InChI is InChI=1S/C19H15F3N4O/c20-19(21,22)13-4-6-14(7-5-13)26-15-8-10-24-17(11-15)18(27)25-12-16-3-1-2-9-23-16/h1-11H,12H2,(H,24,26)(H,25,27). The van der Waals surface area contributed by atoms with Gasteiger partial charge in [-0.15, -0.1) is 0 Å². The summed E-state index contributed by atoms with van der Waals surface area (Å²) in [5, 5.41) is 5.67. The molecule has 0 saturated heterocycles. The number of anilines is 2. The van der Waals surface area contributed by atoms with Crippen molar-refractivity contribution in [2.45, 2.75) is 12.7 Å². The molecule has 0 saturated carbocycles. The number of benzene rings is 1.